The molecule has 0 fully saturated rings. The molecule has 1 aromatic heterocycles. The minimum atomic E-state index is -0.698. The van der Waals surface area contributed by atoms with E-state index in [1.54, 1.807) is 29.2 Å². The average molecular weight is 316 g/mol. The second-order valence-corrected chi connectivity index (χ2v) is 5.21. The van der Waals surface area contributed by atoms with Crippen molar-refractivity contribution in [1.29, 1.82) is 0 Å². The fourth-order valence-electron chi connectivity index (χ4n) is 2.37. The van der Waals surface area contributed by atoms with Crippen LogP contribution < -0.4 is 5.63 Å². The Morgan fingerprint density at radius 1 is 1.13 bits per heavy atom. The van der Waals surface area contributed by atoms with E-state index in [1.807, 2.05) is 13.8 Å². The lowest BCUT2D eigenvalue weighted by Crippen LogP contribution is -2.41. The van der Waals surface area contributed by atoms with Gasteiger partial charge in [0.05, 0.1) is 6.54 Å². The van der Waals surface area contributed by atoms with Crippen molar-refractivity contribution in [3.8, 4) is 0 Å². The maximum absolute atomic E-state index is 12.4. The number of benzene rings is 1. The van der Waals surface area contributed by atoms with Crippen molar-refractivity contribution < 1.29 is 14.0 Å². The summed E-state index contributed by atoms with van der Waals surface area (Å²) in [7, 11) is 1.50. The van der Waals surface area contributed by atoms with E-state index in [1.165, 1.54) is 18.0 Å². The first-order valence-electron chi connectivity index (χ1n) is 7.54. The molecule has 0 bridgehead atoms. The van der Waals surface area contributed by atoms with Gasteiger partial charge in [0.2, 0.25) is 5.91 Å². The highest BCUT2D eigenvalue weighted by Crippen LogP contribution is 2.13. The number of carbonyl (C=O) groups excluding carboxylic acids is 2. The number of rotatable bonds is 5. The summed E-state index contributed by atoms with van der Waals surface area (Å²) in [6.07, 6.45) is 0. The lowest BCUT2D eigenvalue weighted by molar-refractivity contribution is -0.131. The van der Waals surface area contributed by atoms with Gasteiger partial charge in [0.15, 0.2) is 0 Å². The average Bonchev–Trinajstić information content (AvgIpc) is 2.54. The van der Waals surface area contributed by atoms with Crippen LogP contribution >= 0.6 is 0 Å². The quantitative estimate of drug-likeness (QED) is 0.788. The number of fused-ring (bicyclic) bond motifs is 1. The third-order valence-electron chi connectivity index (χ3n) is 3.71. The van der Waals surface area contributed by atoms with Crippen LogP contribution in [0, 0.1) is 0 Å². The minimum absolute atomic E-state index is 0.0708. The van der Waals surface area contributed by atoms with E-state index < -0.39 is 11.5 Å². The highest BCUT2D eigenvalue weighted by molar-refractivity contribution is 5.98. The summed E-state index contributed by atoms with van der Waals surface area (Å²) in [4.78, 5) is 39.4. The number of hydrogen-bond acceptors (Lipinski definition) is 4. The van der Waals surface area contributed by atoms with Gasteiger partial charge in [0, 0.05) is 25.5 Å². The van der Waals surface area contributed by atoms with E-state index in [-0.39, 0.29) is 18.0 Å². The van der Waals surface area contributed by atoms with Crippen molar-refractivity contribution in [3.05, 3.63) is 46.3 Å². The minimum Gasteiger partial charge on any atom is -0.422 e. The second-order valence-electron chi connectivity index (χ2n) is 5.21. The van der Waals surface area contributed by atoms with Crippen molar-refractivity contribution in [2.75, 3.05) is 26.7 Å². The zero-order valence-corrected chi connectivity index (χ0v) is 13.5. The number of amides is 2. The van der Waals surface area contributed by atoms with Crippen LogP contribution in [-0.4, -0.2) is 48.3 Å². The molecule has 0 saturated carbocycles. The summed E-state index contributed by atoms with van der Waals surface area (Å²) in [5.41, 5.74) is -0.342. The predicted molar refractivity (Wildman–Crippen MR) is 87.4 cm³/mol. The fraction of sp³-hybridized carbons (Fsp3) is 0.353. The molecule has 6 heteroatoms. The van der Waals surface area contributed by atoms with Crippen molar-refractivity contribution in [2.45, 2.75) is 13.8 Å². The molecule has 0 aliphatic rings. The number of nitrogens with zero attached hydrogens (tertiary/aromatic N) is 2. The summed E-state index contributed by atoms with van der Waals surface area (Å²) >= 11 is 0. The van der Waals surface area contributed by atoms with Gasteiger partial charge in [-0.2, -0.15) is 0 Å². The third-order valence-corrected chi connectivity index (χ3v) is 3.71. The van der Waals surface area contributed by atoms with E-state index in [4.69, 9.17) is 4.42 Å². The molecule has 2 amide bonds. The van der Waals surface area contributed by atoms with Gasteiger partial charge in [0.25, 0.3) is 5.91 Å². The Hall–Kier alpha value is -2.63. The summed E-state index contributed by atoms with van der Waals surface area (Å²) in [6, 6.07) is 8.47. The van der Waals surface area contributed by atoms with Crippen LogP contribution in [0.15, 0.2) is 39.5 Å². The Bertz CT molecular complexity index is 778. The summed E-state index contributed by atoms with van der Waals surface area (Å²) in [5, 5.41) is 0.666. The van der Waals surface area contributed by atoms with E-state index in [2.05, 4.69) is 0 Å². The van der Waals surface area contributed by atoms with Crippen LogP contribution in [0.2, 0.25) is 0 Å². The van der Waals surface area contributed by atoms with Crippen LogP contribution in [0.1, 0.15) is 24.2 Å². The molecule has 23 heavy (non-hydrogen) atoms. The first kappa shape index (κ1) is 16.7. The van der Waals surface area contributed by atoms with Gasteiger partial charge in [0.1, 0.15) is 11.1 Å². The van der Waals surface area contributed by atoms with Gasteiger partial charge >= 0.3 is 5.63 Å². The number of likely N-dealkylation sites (N-methyl/N-ethyl adjacent to an activating group) is 2. The Kier molecular flexibility index (Phi) is 5.16. The molecule has 0 aliphatic carbocycles. The number of para-hydroxylation sites is 1. The largest absolute Gasteiger partial charge is 0.422 e. The van der Waals surface area contributed by atoms with E-state index >= 15 is 0 Å². The molecule has 2 rings (SSSR count). The smallest absolute Gasteiger partial charge is 0.349 e. The topological polar surface area (TPSA) is 70.8 Å². The molecule has 6 nitrogen and oxygen atoms in total. The highest BCUT2D eigenvalue weighted by Gasteiger charge is 2.21. The predicted octanol–water partition coefficient (Wildman–Crippen LogP) is 1.73. The molecule has 0 radical (unpaired) electrons. The van der Waals surface area contributed by atoms with E-state index in [0.717, 1.165) is 0 Å². The Labute approximate surface area is 134 Å². The van der Waals surface area contributed by atoms with Crippen molar-refractivity contribution in [1.82, 2.24) is 9.80 Å². The van der Waals surface area contributed by atoms with Crippen LogP contribution in [0.5, 0.6) is 0 Å². The van der Waals surface area contributed by atoms with Gasteiger partial charge in [-0.05, 0) is 26.0 Å². The third kappa shape index (κ3) is 3.59. The summed E-state index contributed by atoms with van der Waals surface area (Å²) < 4.78 is 5.16. The van der Waals surface area contributed by atoms with Crippen LogP contribution in [0.3, 0.4) is 0 Å². The molecule has 122 valence electrons. The Morgan fingerprint density at radius 2 is 1.78 bits per heavy atom. The zero-order valence-electron chi connectivity index (χ0n) is 13.5. The maximum atomic E-state index is 12.4. The van der Waals surface area contributed by atoms with Gasteiger partial charge in [-0.25, -0.2) is 4.79 Å². The van der Waals surface area contributed by atoms with Crippen molar-refractivity contribution in [2.24, 2.45) is 0 Å². The fourth-order valence-corrected chi connectivity index (χ4v) is 2.37. The van der Waals surface area contributed by atoms with Crippen LogP contribution in [0.25, 0.3) is 11.0 Å². The highest BCUT2D eigenvalue weighted by atomic mass is 16.4. The lowest BCUT2D eigenvalue weighted by Gasteiger charge is -2.23. The molecule has 0 N–H and O–H groups in total. The molecule has 0 saturated heterocycles. The molecule has 2 aromatic rings. The second kappa shape index (κ2) is 7.09. The maximum Gasteiger partial charge on any atom is 0.349 e. The van der Waals surface area contributed by atoms with Gasteiger partial charge in [-0.15, -0.1) is 0 Å². The van der Waals surface area contributed by atoms with Crippen LogP contribution in [-0.2, 0) is 4.79 Å². The molecule has 1 aromatic carbocycles. The SMILES string of the molecule is CCN(CC)C(=O)CN(C)C(=O)c1cc2ccccc2oc1=O. The number of hydrogen-bond donors (Lipinski definition) is 0. The molecule has 0 spiro atoms. The lowest BCUT2D eigenvalue weighted by atomic mass is 10.1. The monoisotopic (exact) mass is 316 g/mol. The van der Waals surface area contributed by atoms with Gasteiger partial charge in [-0.3, -0.25) is 9.59 Å². The van der Waals surface area contributed by atoms with E-state index in [0.29, 0.717) is 24.1 Å². The Balaban J connectivity index is 2.24. The van der Waals surface area contributed by atoms with Gasteiger partial charge in [-0.1, -0.05) is 18.2 Å². The molecule has 0 atom stereocenters. The molecule has 0 unspecified atom stereocenters. The standard InChI is InChI=1S/C17H20N2O4/c1-4-19(5-2)15(20)11-18(3)16(21)13-10-12-8-6-7-9-14(12)23-17(13)22/h6-10H,4-5,11H2,1-3H3. The summed E-state index contributed by atoms with van der Waals surface area (Å²) in [6.45, 7) is 4.83. The number of carbonyl (C=O) groups is 2. The van der Waals surface area contributed by atoms with Gasteiger partial charge < -0.3 is 14.2 Å². The first-order chi connectivity index (χ1) is 11.0. The summed E-state index contributed by atoms with van der Waals surface area (Å²) in [5.74, 6) is -0.680. The zero-order chi connectivity index (χ0) is 17.0. The van der Waals surface area contributed by atoms with Crippen molar-refractivity contribution >= 4 is 22.8 Å². The van der Waals surface area contributed by atoms with Crippen LogP contribution in [0.4, 0.5) is 0 Å². The Morgan fingerprint density at radius 3 is 2.43 bits per heavy atom. The molecule has 0 aliphatic heterocycles. The van der Waals surface area contributed by atoms with E-state index in [9.17, 15) is 14.4 Å². The first-order valence-corrected chi connectivity index (χ1v) is 7.54. The van der Waals surface area contributed by atoms with Crippen molar-refractivity contribution in [3.63, 3.8) is 0 Å². The molecular weight excluding hydrogens is 296 g/mol. The molecular formula is C17H20N2O4. The normalized spacial score (nSPS) is 10.6. The molecule has 1 heterocycles.